The third-order valence-electron chi connectivity index (χ3n) is 2.53. The van der Waals surface area contributed by atoms with Gasteiger partial charge in [-0.2, -0.15) is 0 Å². The van der Waals surface area contributed by atoms with Gasteiger partial charge in [-0.3, -0.25) is 0 Å². The number of furan rings is 1. The van der Waals surface area contributed by atoms with Crippen LogP contribution >= 0.6 is 0 Å². The molecule has 2 unspecified atom stereocenters. The van der Waals surface area contributed by atoms with Gasteiger partial charge in [0.1, 0.15) is 0 Å². The number of rotatable bonds is 1. The molecule has 2 rings (SSSR count). The molecule has 0 aliphatic heterocycles. The highest BCUT2D eigenvalue weighted by molar-refractivity contribution is 5.31. The first-order chi connectivity index (χ1) is 5.29. The van der Waals surface area contributed by atoms with E-state index in [1.54, 1.807) is 0 Å². The zero-order valence-corrected chi connectivity index (χ0v) is 6.71. The summed E-state index contributed by atoms with van der Waals surface area (Å²) in [6.45, 7) is 2.06. The lowest BCUT2D eigenvalue weighted by Crippen LogP contribution is -2.22. The molecule has 0 aromatic carbocycles. The van der Waals surface area contributed by atoms with Gasteiger partial charge in [-0.1, -0.05) is 0 Å². The molecule has 0 bridgehead atoms. The Morgan fingerprint density at radius 2 is 2.45 bits per heavy atom. The fraction of sp³-hybridized carbons (Fsp3) is 0.556. The summed E-state index contributed by atoms with van der Waals surface area (Å²) in [5.74, 6) is 0.531. The van der Waals surface area contributed by atoms with E-state index in [2.05, 4.69) is 6.92 Å². The zero-order valence-electron chi connectivity index (χ0n) is 6.71. The van der Waals surface area contributed by atoms with Gasteiger partial charge in [0.05, 0.1) is 12.5 Å². The maximum atomic E-state index is 5.83. The molecular formula is C9H13NO. The molecule has 0 amide bonds. The van der Waals surface area contributed by atoms with Crippen molar-refractivity contribution < 1.29 is 4.42 Å². The Balaban J connectivity index is 2.31. The van der Waals surface area contributed by atoms with Crippen molar-refractivity contribution in [3.63, 3.8) is 0 Å². The Labute approximate surface area is 66.4 Å². The van der Waals surface area contributed by atoms with Gasteiger partial charge in [0.25, 0.3) is 0 Å². The molecule has 11 heavy (non-hydrogen) atoms. The summed E-state index contributed by atoms with van der Waals surface area (Å²) < 4.78 is 5.11. The summed E-state index contributed by atoms with van der Waals surface area (Å²) in [5, 5.41) is 0. The fourth-order valence-electron chi connectivity index (χ4n) is 1.87. The molecule has 2 heteroatoms. The minimum atomic E-state index is 0.258. The molecule has 0 radical (unpaired) electrons. The van der Waals surface area contributed by atoms with Crippen molar-refractivity contribution in [3.05, 3.63) is 23.7 Å². The SMILES string of the molecule is CC(N)C1CCc2cocc21. The van der Waals surface area contributed by atoms with Gasteiger partial charge in [-0.25, -0.2) is 0 Å². The molecule has 0 fully saturated rings. The van der Waals surface area contributed by atoms with Crippen LogP contribution in [0, 0.1) is 0 Å². The average molecular weight is 151 g/mol. The first-order valence-electron chi connectivity index (χ1n) is 4.09. The van der Waals surface area contributed by atoms with E-state index in [1.165, 1.54) is 17.5 Å². The van der Waals surface area contributed by atoms with E-state index in [0.717, 1.165) is 6.42 Å². The van der Waals surface area contributed by atoms with Crippen LogP contribution < -0.4 is 5.73 Å². The highest BCUT2D eigenvalue weighted by Gasteiger charge is 2.26. The highest BCUT2D eigenvalue weighted by atomic mass is 16.3. The van der Waals surface area contributed by atoms with Gasteiger partial charge in [0, 0.05) is 12.0 Å². The standard InChI is InChI=1S/C9H13NO/c1-6(10)8-3-2-7-4-11-5-9(7)8/h4-6,8H,2-3,10H2,1H3. The second-order valence-corrected chi connectivity index (χ2v) is 3.36. The van der Waals surface area contributed by atoms with E-state index >= 15 is 0 Å². The zero-order chi connectivity index (χ0) is 7.84. The monoisotopic (exact) mass is 151 g/mol. The van der Waals surface area contributed by atoms with Crippen molar-refractivity contribution in [1.29, 1.82) is 0 Å². The quantitative estimate of drug-likeness (QED) is 0.663. The molecule has 2 nitrogen and oxygen atoms in total. The first kappa shape index (κ1) is 6.92. The third-order valence-corrected chi connectivity index (χ3v) is 2.53. The Morgan fingerprint density at radius 1 is 1.64 bits per heavy atom. The number of fused-ring (bicyclic) bond motifs is 1. The summed E-state index contributed by atoms with van der Waals surface area (Å²) in [5.41, 5.74) is 8.52. The lowest BCUT2D eigenvalue weighted by molar-refractivity contribution is 0.519. The molecule has 2 atom stereocenters. The average Bonchev–Trinajstić information content (AvgIpc) is 2.41. The van der Waals surface area contributed by atoms with Crippen LogP contribution in [-0.4, -0.2) is 6.04 Å². The molecule has 0 saturated heterocycles. The smallest absolute Gasteiger partial charge is 0.0940 e. The van der Waals surface area contributed by atoms with Crippen molar-refractivity contribution in [2.75, 3.05) is 0 Å². The van der Waals surface area contributed by atoms with Gasteiger partial charge in [-0.05, 0) is 30.9 Å². The normalized spacial score (nSPS) is 25.1. The molecule has 2 N–H and O–H groups in total. The summed E-state index contributed by atoms with van der Waals surface area (Å²) >= 11 is 0. The topological polar surface area (TPSA) is 39.2 Å². The lowest BCUT2D eigenvalue weighted by Gasteiger charge is -2.12. The third kappa shape index (κ3) is 0.979. The van der Waals surface area contributed by atoms with Gasteiger partial charge in [0.2, 0.25) is 0 Å². The molecule has 1 aliphatic rings. The van der Waals surface area contributed by atoms with Gasteiger partial charge < -0.3 is 10.2 Å². The van der Waals surface area contributed by atoms with Crippen LogP contribution in [0.5, 0.6) is 0 Å². The minimum absolute atomic E-state index is 0.258. The van der Waals surface area contributed by atoms with Gasteiger partial charge in [0.15, 0.2) is 0 Å². The first-order valence-corrected chi connectivity index (χ1v) is 4.09. The van der Waals surface area contributed by atoms with Crippen molar-refractivity contribution in [3.8, 4) is 0 Å². The number of hydrogen-bond acceptors (Lipinski definition) is 2. The number of aryl methyl sites for hydroxylation is 1. The molecule has 1 aromatic rings. The van der Waals surface area contributed by atoms with Crippen LogP contribution in [0.1, 0.15) is 30.4 Å². The summed E-state index contributed by atoms with van der Waals surface area (Å²) in [6, 6.07) is 0.258. The van der Waals surface area contributed by atoms with Crippen LogP contribution in [0.2, 0.25) is 0 Å². The van der Waals surface area contributed by atoms with E-state index in [9.17, 15) is 0 Å². The van der Waals surface area contributed by atoms with E-state index in [4.69, 9.17) is 10.2 Å². The predicted molar refractivity (Wildman–Crippen MR) is 43.4 cm³/mol. The van der Waals surface area contributed by atoms with Crippen LogP contribution in [0.3, 0.4) is 0 Å². The van der Waals surface area contributed by atoms with Crippen molar-refractivity contribution in [2.45, 2.75) is 31.7 Å². The van der Waals surface area contributed by atoms with Crippen molar-refractivity contribution in [1.82, 2.24) is 0 Å². The van der Waals surface area contributed by atoms with E-state index in [0.29, 0.717) is 5.92 Å². The molecule has 0 saturated carbocycles. The van der Waals surface area contributed by atoms with Crippen LogP contribution in [0.4, 0.5) is 0 Å². The maximum Gasteiger partial charge on any atom is 0.0940 e. The molecule has 1 aromatic heterocycles. The van der Waals surface area contributed by atoms with Crippen LogP contribution in [-0.2, 0) is 6.42 Å². The molecule has 1 heterocycles. The highest BCUT2D eigenvalue weighted by Crippen LogP contribution is 2.35. The van der Waals surface area contributed by atoms with E-state index < -0.39 is 0 Å². The molecule has 0 spiro atoms. The summed E-state index contributed by atoms with van der Waals surface area (Å²) in [6.07, 6.45) is 6.02. The van der Waals surface area contributed by atoms with Crippen LogP contribution in [0.15, 0.2) is 16.9 Å². The lowest BCUT2D eigenvalue weighted by atomic mass is 9.97. The number of hydrogen-bond donors (Lipinski definition) is 1. The summed E-state index contributed by atoms with van der Waals surface area (Å²) in [4.78, 5) is 0. The molecule has 1 aliphatic carbocycles. The summed E-state index contributed by atoms with van der Waals surface area (Å²) in [7, 11) is 0. The second kappa shape index (κ2) is 2.38. The van der Waals surface area contributed by atoms with E-state index in [-0.39, 0.29) is 6.04 Å². The van der Waals surface area contributed by atoms with Crippen molar-refractivity contribution in [2.24, 2.45) is 5.73 Å². The maximum absolute atomic E-state index is 5.83. The Kier molecular flexibility index (Phi) is 1.50. The number of nitrogens with two attached hydrogens (primary N) is 1. The van der Waals surface area contributed by atoms with E-state index in [1.807, 2.05) is 12.5 Å². The van der Waals surface area contributed by atoms with Crippen LogP contribution in [0.25, 0.3) is 0 Å². The van der Waals surface area contributed by atoms with Crippen molar-refractivity contribution >= 4 is 0 Å². The minimum Gasteiger partial charge on any atom is -0.472 e. The van der Waals surface area contributed by atoms with Gasteiger partial charge in [-0.15, -0.1) is 0 Å². The predicted octanol–water partition coefficient (Wildman–Crippen LogP) is 1.66. The Morgan fingerprint density at radius 3 is 3.18 bits per heavy atom. The molecule has 60 valence electrons. The molecular weight excluding hydrogens is 138 g/mol. The fourth-order valence-corrected chi connectivity index (χ4v) is 1.87. The Bertz CT molecular complexity index is 252. The largest absolute Gasteiger partial charge is 0.472 e. The Hall–Kier alpha value is -0.760. The van der Waals surface area contributed by atoms with Gasteiger partial charge >= 0.3 is 0 Å². The second-order valence-electron chi connectivity index (χ2n) is 3.36.